The van der Waals surface area contributed by atoms with Gasteiger partial charge in [0.1, 0.15) is 0 Å². The van der Waals surface area contributed by atoms with E-state index in [1.165, 1.54) is 0 Å². The largest absolute Gasteiger partial charge is 0.378 e. The summed E-state index contributed by atoms with van der Waals surface area (Å²) >= 11 is 0. The molecule has 1 aliphatic heterocycles. The minimum absolute atomic E-state index is 0.175. The fourth-order valence-electron chi connectivity index (χ4n) is 1.83. The molecule has 0 radical (unpaired) electrons. The molecule has 5 nitrogen and oxygen atoms in total. The number of nitrogens with two attached hydrogens (primary N) is 1. The van der Waals surface area contributed by atoms with Gasteiger partial charge in [-0.3, -0.25) is 0 Å². The van der Waals surface area contributed by atoms with E-state index in [1.54, 1.807) is 0 Å². The lowest BCUT2D eigenvalue weighted by Gasteiger charge is -2.03. The molecule has 2 heterocycles. The van der Waals surface area contributed by atoms with Crippen LogP contribution in [-0.2, 0) is 17.6 Å². The Balaban J connectivity index is 1.81. The van der Waals surface area contributed by atoms with E-state index in [0.29, 0.717) is 5.89 Å². The number of aryl methyl sites for hydroxylation is 1. The van der Waals surface area contributed by atoms with E-state index in [2.05, 4.69) is 10.1 Å². The van der Waals surface area contributed by atoms with Crippen molar-refractivity contribution in [2.24, 2.45) is 5.73 Å². The van der Waals surface area contributed by atoms with Gasteiger partial charge in [-0.15, -0.1) is 0 Å². The van der Waals surface area contributed by atoms with Crippen molar-refractivity contribution >= 4 is 0 Å². The summed E-state index contributed by atoms with van der Waals surface area (Å²) in [6.45, 7) is 2.84. The first kappa shape index (κ1) is 11.5. The van der Waals surface area contributed by atoms with Gasteiger partial charge in [0.15, 0.2) is 5.82 Å². The van der Waals surface area contributed by atoms with Crippen molar-refractivity contribution in [2.75, 3.05) is 6.61 Å². The van der Waals surface area contributed by atoms with Crippen molar-refractivity contribution in [3.05, 3.63) is 11.7 Å². The molecule has 1 saturated heterocycles. The predicted octanol–water partition coefficient (Wildman–Crippen LogP) is 1.07. The van der Waals surface area contributed by atoms with Gasteiger partial charge in [-0.2, -0.15) is 4.98 Å². The number of aromatic nitrogens is 2. The third kappa shape index (κ3) is 3.28. The van der Waals surface area contributed by atoms with Crippen molar-refractivity contribution in [3.8, 4) is 0 Å². The summed E-state index contributed by atoms with van der Waals surface area (Å²) < 4.78 is 10.7. The molecule has 2 N–H and O–H groups in total. The maximum atomic E-state index is 5.67. The molecule has 0 saturated carbocycles. The maximum absolute atomic E-state index is 5.67. The summed E-state index contributed by atoms with van der Waals surface area (Å²) in [5.41, 5.74) is 5.67. The SMILES string of the molecule is CC(N)CCc1nc(CC2CCCO2)no1. The molecule has 0 bridgehead atoms. The van der Waals surface area contributed by atoms with Crippen LogP contribution >= 0.6 is 0 Å². The van der Waals surface area contributed by atoms with Crippen LogP contribution in [0.2, 0.25) is 0 Å². The van der Waals surface area contributed by atoms with Gasteiger partial charge in [-0.1, -0.05) is 5.16 Å². The summed E-state index contributed by atoms with van der Waals surface area (Å²) in [7, 11) is 0. The predicted molar refractivity (Wildman–Crippen MR) is 58.9 cm³/mol. The van der Waals surface area contributed by atoms with E-state index < -0.39 is 0 Å². The standard InChI is InChI=1S/C11H19N3O2/c1-8(12)4-5-11-13-10(14-16-11)7-9-3-2-6-15-9/h8-9H,2-7,12H2,1H3. The summed E-state index contributed by atoms with van der Waals surface area (Å²) in [5, 5.41) is 3.95. The Bertz CT molecular complexity index is 319. The molecule has 5 heteroatoms. The molecular weight excluding hydrogens is 206 g/mol. The molecule has 2 atom stereocenters. The second kappa shape index (κ2) is 5.41. The van der Waals surface area contributed by atoms with Crippen molar-refractivity contribution in [1.29, 1.82) is 0 Å². The molecule has 90 valence electrons. The summed E-state index contributed by atoms with van der Waals surface area (Å²) in [4.78, 5) is 4.33. The zero-order valence-electron chi connectivity index (χ0n) is 9.69. The van der Waals surface area contributed by atoms with E-state index in [1.807, 2.05) is 6.92 Å². The summed E-state index contributed by atoms with van der Waals surface area (Å²) in [6.07, 6.45) is 4.92. The Hall–Kier alpha value is -0.940. The highest BCUT2D eigenvalue weighted by Gasteiger charge is 2.18. The van der Waals surface area contributed by atoms with Gasteiger partial charge in [0.25, 0.3) is 0 Å². The van der Waals surface area contributed by atoms with Gasteiger partial charge in [0.05, 0.1) is 6.10 Å². The lowest BCUT2D eigenvalue weighted by molar-refractivity contribution is 0.109. The van der Waals surface area contributed by atoms with Gasteiger partial charge >= 0.3 is 0 Å². The van der Waals surface area contributed by atoms with Gasteiger partial charge in [0, 0.05) is 25.5 Å². The van der Waals surface area contributed by atoms with Crippen molar-refractivity contribution in [2.45, 2.75) is 51.2 Å². The zero-order valence-corrected chi connectivity index (χ0v) is 9.69. The molecule has 1 aliphatic rings. The second-order valence-electron chi connectivity index (χ2n) is 4.46. The average molecular weight is 225 g/mol. The van der Waals surface area contributed by atoms with Crippen LogP contribution in [0.4, 0.5) is 0 Å². The first-order valence-corrected chi connectivity index (χ1v) is 5.92. The third-order valence-corrected chi connectivity index (χ3v) is 2.76. The quantitative estimate of drug-likeness (QED) is 0.811. The molecule has 1 aromatic heterocycles. The number of hydrogen-bond donors (Lipinski definition) is 1. The zero-order chi connectivity index (χ0) is 11.4. The Labute approximate surface area is 95.3 Å². The minimum atomic E-state index is 0.175. The summed E-state index contributed by atoms with van der Waals surface area (Å²) in [5.74, 6) is 1.44. The highest BCUT2D eigenvalue weighted by Crippen LogP contribution is 2.15. The first-order valence-electron chi connectivity index (χ1n) is 5.92. The minimum Gasteiger partial charge on any atom is -0.378 e. The lowest BCUT2D eigenvalue weighted by atomic mass is 10.2. The van der Waals surface area contributed by atoms with E-state index in [9.17, 15) is 0 Å². The van der Waals surface area contributed by atoms with Crippen LogP contribution in [0.5, 0.6) is 0 Å². The molecule has 0 spiro atoms. The van der Waals surface area contributed by atoms with Crippen molar-refractivity contribution in [3.63, 3.8) is 0 Å². The van der Waals surface area contributed by atoms with Gasteiger partial charge in [0.2, 0.25) is 5.89 Å². The number of ether oxygens (including phenoxy) is 1. The fourth-order valence-corrected chi connectivity index (χ4v) is 1.83. The lowest BCUT2D eigenvalue weighted by Crippen LogP contribution is -2.15. The first-order chi connectivity index (χ1) is 7.74. The molecule has 2 unspecified atom stereocenters. The fraction of sp³-hybridized carbons (Fsp3) is 0.818. The molecule has 0 aromatic carbocycles. The molecule has 2 rings (SSSR count). The normalized spacial score (nSPS) is 22.5. The molecule has 0 aliphatic carbocycles. The van der Waals surface area contributed by atoms with Crippen LogP contribution in [0.1, 0.15) is 37.9 Å². The molecule has 1 fully saturated rings. The van der Waals surface area contributed by atoms with E-state index in [0.717, 1.165) is 44.5 Å². The van der Waals surface area contributed by atoms with Gasteiger partial charge < -0.3 is 15.0 Å². The van der Waals surface area contributed by atoms with Crippen LogP contribution in [0.3, 0.4) is 0 Å². The number of rotatable bonds is 5. The van der Waals surface area contributed by atoms with Crippen LogP contribution in [0, 0.1) is 0 Å². The van der Waals surface area contributed by atoms with Crippen LogP contribution < -0.4 is 5.73 Å². The highest BCUT2D eigenvalue weighted by molar-refractivity contribution is 4.90. The van der Waals surface area contributed by atoms with Crippen LogP contribution in [-0.4, -0.2) is 28.9 Å². The molecule has 0 amide bonds. The smallest absolute Gasteiger partial charge is 0.226 e. The maximum Gasteiger partial charge on any atom is 0.226 e. The van der Waals surface area contributed by atoms with Crippen molar-refractivity contribution in [1.82, 2.24) is 10.1 Å². The Morgan fingerprint density at radius 3 is 3.12 bits per heavy atom. The number of hydrogen-bond acceptors (Lipinski definition) is 5. The van der Waals surface area contributed by atoms with E-state index in [4.69, 9.17) is 15.0 Å². The summed E-state index contributed by atoms with van der Waals surface area (Å²) in [6, 6.07) is 0.175. The molecular formula is C11H19N3O2. The van der Waals surface area contributed by atoms with E-state index >= 15 is 0 Å². The third-order valence-electron chi connectivity index (χ3n) is 2.76. The van der Waals surface area contributed by atoms with Gasteiger partial charge in [-0.05, 0) is 26.2 Å². The van der Waals surface area contributed by atoms with E-state index in [-0.39, 0.29) is 12.1 Å². The Kier molecular flexibility index (Phi) is 3.90. The van der Waals surface area contributed by atoms with Crippen molar-refractivity contribution < 1.29 is 9.26 Å². The molecule has 16 heavy (non-hydrogen) atoms. The van der Waals surface area contributed by atoms with Crippen LogP contribution in [0.25, 0.3) is 0 Å². The van der Waals surface area contributed by atoms with Gasteiger partial charge in [-0.25, -0.2) is 0 Å². The topological polar surface area (TPSA) is 74.2 Å². The Morgan fingerprint density at radius 1 is 1.56 bits per heavy atom. The average Bonchev–Trinajstić information content (AvgIpc) is 2.87. The monoisotopic (exact) mass is 225 g/mol. The van der Waals surface area contributed by atoms with Crippen LogP contribution in [0.15, 0.2) is 4.52 Å². The highest BCUT2D eigenvalue weighted by atomic mass is 16.5. The number of nitrogens with zero attached hydrogens (tertiary/aromatic N) is 2. The Morgan fingerprint density at radius 2 is 2.44 bits per heavy atom. The molecule has 1 aromatic rings. The second-order valence-corrected chi connectivity index (χ2v) is 4.46.